The number of fused-ring (bicyclic) bond motifs is 1. The van der Waals surface area contributed by atoms with Gasteiger partial charge in [-0.2, -0.15) is 0 Å². The van der Waals surface area contributed by atoms with Crippen molar-refractivity contribution in [3.63, 3.8) is 0 Å². The SMILES string of the molecule is COC1=CC(=O)c2c(O)cc([C@H](O)CC=C(C)C)c(O)c2C1=O. The topological polar surface area (TPSA) is 104 Å². The zero-order chi connectivity index (χ0) is 17.3. The third-order valence-corrected chi connectivity index (χ3v) is 3.60. The first-order valence-corrected chi connectivity index (χ1v) is 7.02. The molecular weight excluding hydrogens is 300 g/mol. The summed E-state index contributed by atoms with van der Waals surface area (Å²) in [5, 5.41) is 30.6. The molecule has 0 spiro atoms. The fourth-order valence-corrected chi connectivity index (χ4v) is 2.41. The molecule has 0 aliphatic heterocycles. The number of phenolic OH excluding ortho intramolecular Hbond substituents is 2. The van der Waals surface area contributed by atoms with Crippen LogP contribution in [0.5, 0.6) is 11.5 Å². The van der Waals surface area contributed by atoms with E-state index in [1.807, 2.05) is 13.8 Å². The van der Waals surface area contributed by atoms with E-state index >= 15 is 0 Å². The number of benzene rings is 1. The molecule has 0 fully saturated rings. The van der Waals surface area contributed by atoms with Crippen molar-refractivity contribution in [1.29, 1.82) is 0 Å². The van der Waals surface area contributed by atoms with Gasteiger partial charge in [-0.25, -0.2) is 0 Å². The van der Waals surface area contributed by atoms with E-state index in [1.54, 1.807) is 6.08 Å². The highest BCUT2D eigenvalue weighted by Crippen LogP contribution is 2.40. The Hall–Kier alpha value is -2.60. The first-order valence-electron chi connectivity index (χ1n) is 7.02. The lowest BCUT2D eigenvalue weighted by molar-refractivity contribution is 0.0910. The van der Waals surface area contributed by atoms with Crippen LogP contribution >= 0.6 is 0 Å². The van der Waals surface area contributed by atoms with E-state index in [2.05, 4.69) is 0 Å². The second-order valence-electron chi connectivity index (χ2n) is 5.52. The molecule has 0 heterocycles. The number of ether oxygens (including phenoxy) is 1. The van der Waals surface area contributed by atoms with E-state index in [9.17, 15) is 24.9 Å². The van der Waals surface area contributed by atoms with Crippen molar-refractivity contribution in [3.8, 4) is 11.5 Å². The molecule has 3 N–H and O–H groups in total. The molecule has 0 amide bonds. The maximum Gasteiger partial charge on any atom is 0.232 e. The predicted octanol–water partition coefficient (Wildman–Crippen LogP) is 2.40. The van der Waals surface area contributed by atoms with Crippen LogP contribution in [0.3, 0.4) is 0 Å². The van der Waals surface area contributed by atoms with Gasteiger partial charge in [0.05, 0.1) is 24.3 Å². The van der Waals surface area contributed by atoms with Crippen LogP contribution in [0.15, 0.2) is 29.6 Å². The number of Topliss-reactive ketones (excluding diaryl/α,β-unsaturated/α-hetero) is 1. The summed E-state index contributed by atoms with van der Waals surface area (Å²) < 4.78 is 4.83. The fourth-order valence-electron chi connectivity index (χ4n) is 2.41. The van der Waals surface area contributed by atoms with Crippen molar-refractivity contribution >= 4 is 11.6 Å². The van der Waals surface area contributed by atoms with E-state index < -0.39 is 29.2 Å². The number of phenols is 2. The molecule has 6 heteroatoms. The normalized spacial score (nSPS) is 14.9. The molecule has 6 nitrogen and oxygen atoms in total. The number of rotatable bonds is 4. The molecule has 1 aliphatic rings. The van der Waals surface area contributed by atoms with E-state index in [1.165, 1.54) is 7.11 Å². The highest BCUT2D eigenvalue weighted by molar-refractivity contribution is 6.26. The van der Waals surface area contributed by atoms with Crippen molar-refractivity contribution in [2.75, 3.05) is 7.11 Å². The standard InChI is InChI=1S/C17H18O6/c1-8(2)4-5-10(18)9-6-11(19)14-12(20)7-13(23-3)17(22)15(14)16(9)21/h4,6-7,10,18-19,21H,5H2,1-3H3/t10-/m1/s1. The Labute approximate surface area is 133 Å². The molecule has 0 saturated heterocycles. The van der Waals surface area contributed by atoms with Crippen molar-refractivity contribution in [1.82, 2.24) is 0 Å². The Balaban J connectivity index is 2.59. The Bertz CT molecular complexity index is 738. The number of hydrogen-bond donors (Lipinski definition) is 3. The summed E-state index contributed by atoms with van der Waals surface area (Å²) in [7, 11) is 1.23. The van der Waals surface area contributed by atoms with Crippen LogP contribution in [0.1, 0.15) is 52.7 Å². The monoisotopic (exact) mass is 318 g/mol. The number of carbonyl (C=O) groups excluding carboxylic acids is 2. The summed E-state index contributed by atoms with van der Waals surface area (Å²) in [5.74, 6) is -2.57. The van der Waals surface area contributed by atoms with Gasteiger partial charge in [0.25, 0.3) is 0 Å². The Morgan fingerprint density at radius 1 is 1.26 bits per heavy atom. The van der Waals surface area contributed by atoms with E-state index in [0.717, 1.165) is 17.7 Å². The second-order valence-corrected chi connectivity index (χ2v) is 5.52. The maximum absolute atomic E-state index is 12.3. The van der Waals surface area contributed by atoms with E-state index in [-0.39, 0.29) is 28.9 Å². The zero-order valence-corrected chi connectivity index (χ0v) is 13.1. The molecule has 0 radical (unpaired) electrons. The van der Waals surface area contributed by atoms with E-state index in [0.29, 0.717) is 0 Å². The molecule has 0 saturated carbocycles. The molecule has 122 valence electrons. The second kappa shape index (κ2) is 6.26. The van der Waals surface area contributed by atoms with Crippen molar-refractivity contribution < 1.29 is 29.6 Å². The third kappa shape index (κ3) is 2.98. The number of aromatic hydroxyl groups is 2. The molecule has 0 unspecified atom stereocenters. The largest absolute Gasteiger partial charge is 0.507 e. The summed E-state index contributed by atoms with van der Waals surface area (Å²) in [5.41, 5.74) is 0.325. The first kappa shape index (κ1) is 16.8. The van der Waals surface area contributed by atoms with Crippen molar-refractivity contribution in [2.45, 2.75) is 26.4 Å². The fraction of sp³-hybridized carbons (Fsp3) is 0.294. The molecule has 1 aromatic rings. The van der Waals surface area contributed by atoms with Crippen molar-refractivity contribution in [3.05, 3.63) is 46.2 Å². The molecule has 23 heavy (non-hydrogen) atoms. The van der Waals surface area contributed by atoms with Crippen molar-refractivity contribution in [2.24, 2.45) is 0 Å². The lowest BCUT2D eigenvalue weighted by atomic mass is 9.88. The van der Waals surface area contributed by atoms with Gasteiger partial charge in [0.15, 0.2) is 11.5 Å². The maximum atomic E-state index is 12.3. The number of methoxy groups -OCH3 is 1. The van der Waals surface area contributed by atoms with Gasteiger partial charge in [0, 0.05) is 11.6 Å². The number of carbonyl (C=O) groups is 2. The Morgan fingerprint density at radius 2 is 1.91 bits per heavy atom. The van der Waals surface area contributed by atoms with Crippen LogP contribution in [-0.4, -0.2) is 34.0 Å². The van der Waals surface area contributed by atoms with Crippen LogP contribution in [0.4, 0.5) is 0 Å². The average Bonchev–Trinajstić information content (AvgIpc) is 2.50. The summed E-state index contributed by atoms with van der Waals surface area (Å²) >= 11 is 0. The first-order chi connectivity index (χ1) is 10.8. The van der Waals surface area contributed by atoms with E-state index in [4.69, 9.17) is 4.74 Å². The predicted molar refractivity (Wildman–Crippen MR) is 82.5 cm³/mol. The zero-order valence-electron chi connectivity index (χ0n) is 13.1. The summed E-state index contributed by atoms with van der Waals surface area (Å²) in [6, 6.07) is 1.11. The minimum Gasteiger partial charge on any atom is -0.507 e. The van der Waals surface area contributed by atoms with Gasteiger partial charge >= 0.3 is 0 Å². The minimum absolute atomic E-state index is 0.0164. The summed E-state index contributed by atoms with van der Waals surface area (Å²) in [6.45, 7) is 3.71. The van der Waals surface area contributed by atoms with Gasteiger partial charge in [-0.15, -0.1) is 0 Å². The number of allylic oxidation sites excluding steroid dienone is 3. The molecule has 1 aliphatic carbocycles. The van der Waals surface area contributed by atoms with Gasteiger partial charge in [-0.05, 0) is 26.3 Å². The van der Waals surface area contributed by atoms with Crippen LogP contribution in [0, 0.1) is 0 Å². The average molecular weight is 318 g/mol. The third-order valence-electron chi connectivity index (χ3n) is 3.60. The highest BCUT2D eigenvalue weighted by atomic mass is 16.5. The molecule has 0 bridgehead atoms. The van der Waals surface area contributed by atoms with Crippen LogP contribution in [-0.2, 0) is 4.74 Å². The number of hydrogen-bond acceptors (Lipinski definition) is 6. The lowest BCUT2D eigenvalue weighted by Crippen LogP contribution is -2.19. The quantitative estimate of drug-likeness (QED) is 0.582. The Kier molecular flexibility index (Phi) is 4.56. The molecule has 0 aromatic heterocycles. The number of aliphatic hydroxyl groups is 1. The summed E-state index contributed by atoms with van der Waals surface area (Å²) in [6.07, 6.45) is 1.79. The minimum atomic E-state index is -1.12. The number of ketones is 2. The Morgan fingerprint density at radius 3 is 2.48 bits per heavy atom. The highest BCUT2D eigenvalue weighted by Gasteiger charge is 2.34. The molecule has 2 rings (SSSR count). The van der Waals surface area contributed by atoms with Gasteiger partial charge in [-0.1, -0.05) is 11.6 Å². The van der Waals surface area contributed by atoms with Crippen LogP contribution in [0.25, 0.3) is 0 Å². The van der Waals surface area contributed by atoms with Crippen LogP contribution < -0.4 is 0 Å². The van der Waals surface area contributed by atoms with Gasteiger partial charge < -0.3 is 20.1 Å². The lowest BCUT2D eigenvalue weighted by Gasteiger charge is -2.20. The molecular formula is C17H18O6. The molecule has 1 aromatic carbocycles. The van der Waals surface area contributed by atoms with Crippen LogP contribution in [0.2, 0.25) is 0 Å². The summed E-state index contributed by atoms with van der Waals surface area (Å²) in [4.78, 5) is 24.3. The van der Waals surface area contributed by atoms with Gasteiger partial charge in [-0.3, -0.25) is 9.59 Å². The van der Waals surface area contributed by atoms with Gasteiger partial charge in [0.2, 0.25) is 5.78 Å². The number of aliphatic hydroxyl groups excluding tert-OH is 1. The smallest absolute Gasteiger partial charge is 0.232 e. The molecule has 1 atom stereocenters. The van der Waals surface area contributed by atoms with Gasteiger partial charge in [0.1, 0.15) is 11.5 Å².